The maximum atomic E-state index is 12.4. The molecule has 0 saturated carbocycles. The zero-order chi connectivity index (χ0) is 23.2. The molecule has 33 heavy (non-hydrogen) atoms. The molecule has 5 rings (SSSR count). The number of hydrogen-bond donors (Lipinski definition) is 2. The van der Waals surface area contributed by atoms with Crippen LogP contribution in [0.1, 0.15) is 17.7 Å². The first kappa shape index (κ1) is 20.8. The summed E-state index contributed by atoms with van der Waals surface area (Å²) < 4.78 is 7.03. The standard InChI is InChI=1S/C22H22N8O3/c1-13-10-23-21(25-14-11-24-30(3)12-14)27-19(13)16-6-4-5-15(26-16)17-9-18(33-28-17)22(32)7-8-29(2)20(22)31/h4-6,9-12,32H,7-8H2,1-3H3,(H,23,25,27)/t22-/m1/s1. The first-order valence-corrected chi connectivity index (χ1v) is 10.4. The van der Waals surface area contributed by atoms with Crippen molar-refractivity contribution in [1.29, 1.82) is 0 Å². The van der Waals surface area contributed by atoms with E-state index in [1.54, 1.807) is 36.3 Å². The van der Waals surface area contributed by atoms with Crippen LogP contribution in [0.15, 0.2) is 47.4 Å². The van der Waals surface area contributed by atoms with Crippen molar-refractivity contribution >= 4 is 17.5 Å². The molecular weight excluding hydrogens is 424 g/mol. The zero-order valence-electron chi connectivity index (χ0n) is 18.3. The van der Waals surface area contributed by atoms with Crippen LogP contribution in [-0.4, -0.2) is 59.4 Å². The fraction of sp³-hybridized carbons (Fsp3) is 0.273. The van der Waals surface area contributed by atoms with E-state index in [1.165, 1.54) is 4.90 Å². The second kappa shape index (κ2) is 7.78. The van der Waals surface area contributed by atoms with Crippen LogP contribution < -0.4 is 5.32 Å². The molecular formula is C22H22N8O3. The van der Waals surface area contributed by atoms with Gasteiger partial charge < -0.3 is 19.8 Å². The van der Waals surface area contributed by atoms with Crippen LogP contribution in [-0.2, 0) is 17.4 Å². The zero-order valence-corrected chi connectivity index (χ0v) is 18.3. The van der Waals surface area contributed by atoms with Gasteiger partial charge in [-0.05, 0) is 24.6 Å². The number of pyridine rings is 1. The molecule has 0 bridgehead atoms. The Morgan fingerprint density at radius 2 is 1.97 bits per heavy atom. The summed E-state index contributed by atoms with van der Waals surface area (Å²) in [5.41, 5.74) is 2.16. The van der Waals surface area contributed by atoms with E-state index in [1.807, 2.05) is 32.3 Å². The Labute approximate surface area is 189 Å². The number of aliphatic hydroxyl groups is 1. The van der Waals surface area contributed by atoms with Gasteiger partial charge in [0.15, 0.2) is 5.76 Å². The molecule has 0 radical (unpaired) electrons. The number of likely N-dealkylation sites (tertiary alicyclic amines) is 1. The van der Waals surface area contributed by atoms with E-state index in [2.05, 4.69) is 30.5 Å². The molecule has 4 aromatic heterocycles. The summed E-state index contributed by atoms with van der Waals surface area (Å²) in [7, 11) is 3.47. The fourth-order valence-electron chi connectivity index (χ4n) is 3.76. The lowest BCUT2D eigenvalue weighted by molar-refractivity contribution is -0.144. The van der Waals surface area contributed by atoms with Crippen LogP contribution >= 0.6 is 0 Å². The van der Waals surface area contributed by atoms with Crippen molar-refractivity contribution in [3.05, 3.63) is 54.2 Å². The number of rotatable bonds is 5. The normalized spacial score (nSPS) is 18.2. The van der Waals surface area contributed by atoms with Crippen LogP contribution in [0.2, 0.25) is 0 Å². The monoisotopic (exact) mass is 446 g/mol. The molecule has 0 spiro atoms. The summed E-state index contributed by atoms with van der Waals surface area (Å²) in [4.78, 5) is 27.5. The molecule has 1 amide bonds. The topological polar surface area (TPSA) is 135 Å². The number of anilines is 2. The molecule has 0 aliphatic carbocycles. The number of aryl methyl sites for hydroxylation is 2. The molecule has 11 nitrogen and oxygen atoms in total. The Morgan fingerprint density at radius 3 is 2.70 bits per heavy atom. The van der Waals surface area contributed by atoms with Crippen molar-refractivity contribution in [3.63, 3.8) is 0 Å². The summed E-state index contributed by atoms with van der Waals surface area (Å²) in [6.07, 6.45) is 5.48. The van der Waals surface area contributed by atoms with Gasteiger partial charge in [-0.3, -0.25) is 9.48 Å². The molecule has 2 N–H and O–H groups in total. The molecule has 168 valence electrons. The molecule has 0 aromatic carbocycles. The van der Waals surface area contributed by atoms with Gasteiger partial charge in [0.25, 0.3) is 5.91 Å². The minimum Gasteiger partial charge on any atom is -0.373 e. The molecule has 1 saturated heterocycles. The van der Waals surface area contributed by atoms with Gasteiger partial charge in [0, 0.05) is 45.5 Å². The number of likely N-dealkylation sites (N-methyl/N-ethyl adjacent to an activating group) is 1. The van der Waals surface area contributed by atoms with Crippen molar-refractivity contribution in [2.45, 2.75) is 18.9 Å². The number of nitrogens with one attached hydrogen (secondary N) is 1. The van der Waals surface area contributed by atoms with Crippen LogP contribution in [0.5, 0.6) is 0 Å². The summed E-state index contributed by atoms with van der Waals surface area (Å²) in [5, 5.41) is 22.1. The quantitative estimate of drug-likeness (QED) is 0.472. The summed E-state index contributed by atoms with van der Waals surface area (Å²) >= 11 is 0. The minimum absolute atomic E-state index is 0.111. The Bertz CT molecular complexity index is 1350. The molecule has 1 atom stereocenters. The maximum Gasteiger partial charge on any atom is 0.262 e. The highest BCUT2D eigenvalue weighted by Gasteiger charge is 2.48. The van der Waals surface area contributed by atoms with Crippen molar-refractivity contribution in [3.8, 4) is 22.8 Å². The van der Waals surface area contributed by atoms with Crippen LogP contribution in [0, 0.1) is 6.92 Å². The van der Waals surface area contributed by atoms with E-state index in [4.69, 9.17) is 4.52 Å². The average Bonchev–Trinajstić information content (AvgIpc) is 3.53. The van der Waals surface area contributed by atoms with E-state index in [0.717, 1.165) is 11.3 Å². The second-order valence-corrected chi connectivity index (χ2v) is 8.07. The van der Waals surface area contributed by atoms with E-state index >= 15 is 0 Å². The molecule has 0 unspecified atom stereocenters. The predicted octanol–water partition coefficient (Wildman–Crippen LogP) is 2.03. The van der Waals surface area contributed by atoms with Gasteiger partial charge in [-0.25, -0.2) is 15.0 Å². The number of amides is 1. The fourth-order valence-corrected chi connectivity index (χ4v) is 3.76. The number of carbonyl (C=O) groups excluding carboxylic acids is 1. The maximum absolute atomic E-state index is 12.4. The summed E-state index contributed by atoms with van der Waals surface area (Å²) in [6, 6.07) is 7.02. The van der Waals surface area contributed by atoms with Crippen molar-refractivity contribution in [1.82, 2.24) is 34.8 Å². The Balaban J connectivity index is 1.45. The van der Waals surface area contributed by atoms with Gasteiger partial charge >= 0.3 is 0 Å². The van der Waals surface area contributed by atoms with Crippen LogP contribution in [0.4, 0.5) is 11.6 Å². The third-order valence-electron chi connectivity index (χ3n) is 5.61. The summed E-state index contributed by atoms with van der Waals surface area (Å²) in [6.45, 7) is 2.35. The van der Waals surface area contributed by atoms with E-state index in [0.29, 0.717) is 35.3 Å². The highest BCUT2D eigenvalue weighted by molar-refractivity contribution is 5.87. The van der Waals surface area contributed by atoms with Gasteiger partial charge in [-0.15, -0.1) is 0 Å². The van der Waals surface area contributed by atoms with Gasteiger partial charge in [-0.2, -0.15) is 5.10 Å². The lowest BCUT2D eigenvalue weighted by Crippen LogP contribution is -2.35. The van der Waals surface area contributed by atoms with E-state index < -0.39 is 11.5 Å². The van der Waals surface area contributed by atoms with Crippen molar-refractivity contribution < 1.29 is 14.4 Å². The molecule has 4 aromatic rings. The molecule has 1 fully saturated rings. The van der Waals surface area contributed by atoms with Crippen molar-refractivity contribution in [2.24, 2.45) is 7.05 Å². The van der Waals surface area contributed by atoms with Gasteiger partial charge in [0.05, 0.1) is 29.0 Å². The van der Waals surface area contributed by atoms with Crippen molar-refractivity contribution in [2.75, 3.05) is 18.9 Å². The number of carbonyl (C=O) groups is 1. The molecule has 1 aliphatic heterocycles. The first-order valence-electron chi connectivity index (χ1n) is 10.4. The van der Waals surface area contributed by atoms with Gasteiger partial charge in [0.1, 0.15) is 5.69 Å². The molecule has 1 aliphatic rings. The smallest absolute Gasteiger partial charge is 0.262 e. The van der Waals surface area contributed by atoms with Crippen LogP contribution in [0.25, 0.3) is 22.8 Å². The third-order valence-corrected chi connectivity index (χ3v) is 5.61. The number of nitrogens with zero attached hydrogens (tertiary/aromatic N) is 7. The predicted molar refractivity (Wildman–Crippen MR) is 118 cm³/mol. The van der Waals surface area contributed by atoms with Gasteiger partial charge in [-0.1, -0.05) is 11.2 Å². The second-order valence-electron chi connectivity index (χ2n) is 8.07. The minimum atomic E-state index is -1.70. The van der Waals surface area contributed by atoms with Crippen LogP contribution in [0.3, 0.4) is 0 Å². The van der Waals surface area contributed by atoms with E-state index in [-0.39, 0.29) is 12.2 Å². The Hall–Kier alpha value is -4.12. The molecule has 5 heterocycles. The van der Waals surface area contributed by atoms with Gasteiger partial charge in [0.2, 0.25) is 11.5 Å². The first-order chi connectivity index (χ1) is 15.8. The SMILES string of the molecule is Cc1cnc(Nc2cnn(C)c2)nc1-c1cccc(-c2cc([C@]3(O)CCN(C)C3=O)on2)n1. The summed E-state index contributed by atoms with van der Waals surface area (Å²) in [5.74, 6) is 0.128. The third kappa shape index (κ3) is 3.72. The largest absolute Gasteiger partial charge is 0.373 e. The highest BCUT2D eigenvalue weighted by Crippen LogP contribution is 2.34. The lowest BCUT2D eigenvalue weighted by Gasteiger charge is -2.16. The molecule has 11 heteroatoms. The average molecular weight is 446 g/mol. The number of hydrogen-bond acceptors (Lipinski definition) is 9. The number of aromatic nitrogens is 6. The Kier molecular flexibility index (Phi) is 4.90. The Morgan fingerprint density at radius 1 is 1.15 bits per heavy atom. The highest BCUT2D eigenvalue weighted by atomic mass is 16.5. The van der Waals surface area contributed by atoms with E-state index in [9.17, 15) is 9.90 Å². The lowest BCUT2D eigenvalue weighted by atomic mass is 9.98.